The minimum Gasteiger partial charge on any atom is -0.384 e. The second-order valence-corrected chi connectivity index (χ2v) is 5.75. The fraction of sp³-hybridized carbons (Fsp3) is 0.500. The van der Waals surface area contributed by atoms with Gasteiger partial charge < -0.3 is 10.1 Å². The molecule has 114 valence electrons. The van der Waals surface area contributed by atoms with E-state index >= 15 is 0 Å². The number of benzene rings is 1. The van der Waals surface area contributed by atoms with Crippen molar-refractivity contribution in [2.45, 2.75) is 32.7 Å². The first-order chi connectivity index (χ1) is 10.3. The molecule has 0 aliphatic carbocycles. The average molecular weight is 286 g/mol. The van der Waals surface area contributed by atoms with E-state index in [1.54, 1.807) is 7.11 Å². The van der Waals surface area contributed by atoms with E-state index in [1.165, 1.54) is 16.3 Å². The van der Waals surface area contributed by atoms with Gasteiger partial charge in [-0.25, -0.2) is 0 Å². The van der Waals surface area contributed by atoms with Crippen LogP contribution in [0.15, 0.2) is 36.7 Å². The predicted octanol–water partition coefficient (Wildman–Crippen LogP) is 3.95. The van der Waals surface area contributed by atoms with Crippen LogP contribution in [0.25, 0.3) is 10.8 Å². The van der Waals surface area contributed by atoms with Gasteiger partial charge in [0.25, 0.3) is 0 Å². The molecule has 2 aromatic rings. The van der Waals surface area contributed by atoms with Crippen LogP contribution in [0.5, 0.6) is 0 Å². The highest BCUT2D eigenvalue weighted by molar-refractivity contribution is 5.85. The first-order valence-electron chi connectivity index (χ1n) is 7.81. The van der Waals surface area contributed by atoms with E-state index in [9.17, 15) is 0 Å². The third-order valence-corrected chi connectivity index (χ3v) is 3.80. The Balaban J connectivity index is 2.29. The zero-order chi connectivity index (χ0) is 15.1. The Kier molecular flexibility index (Phi) is 6.15. The summed E-state index contributed by atoms with van der Waals surface area (Å²) in [5, 5.41) is 6.17. The van der Waals surface area contributed by atoms with Crippen molar-refractivity contribution >= 4 is 10.8 Å². The first-order valence-corrected chi connectivity index (χ1v) is 7.81. The molecule has 3 nitrogen and oxygen atoms in total. The van der Waals surface area contributed by atoms with E-state index in [1.807, 2.05) is 12.4 Å². The fourth-order valence-electron chi connectivity index (χ4n) is 2.81. The number of aromatic nitrogens is 1. The van der Waals surface area contributed by atoms with Crippen molar-refractivity contribution in [3.8, 4) is 0 Å². The van der Waals surface area contributed by atoms with Gasteiger partial charge in [0.1, 0.15) is 0 Å². The maximum absolute atomic E-state index is 5.29. The van der Waals surface area contributed by atoms with Gasteiger partial charge in [0.2, 0.25) is 0 Å². The minimum atomic E-state index is 0.327. The zero-order valence-corrected chi connectivity index (χ0v) is 13.3. The monoisotopic (exact) mass is 286 g/mol. The molecule has 1 heterocycles. The number of methoxy groups -OCH3 is 1. The van der Waals surface area contributed by atoms with Crippen LogP contribution < -0.4 is 5.32 Å². The van der Waals surface area contributed by atoms with Crippen molar-refractivity contribution in [3.05, 3.63) is 42.2 Å². The molecule has 0 bridgehead atoms. The van der Waals surface area contributed by atoms with Gasteiger partial charge in [-0.2, -0.15) is 0 Å². The summed E-state index contributed by atoms with van der Waals surface area (Å²) in [7, 11) is 1.77. The second-order valence-electron chi connectivity index (χ2n) is 5.75. The number of fused-ring (bicyclic) bond motifs is 1. The summed E-state index contributed by atoms with van der Waals surface area (Å²) < 4.78 is 5.29. The van der Waals surface area contributed by atoms with Crippen LogP contribution >= 0.6 is 0 Å². The average Bonchev–Trinajstić information content (AvgIpc) is 2.51. The lowest BCUT2D eigenvalue weighted by molar-refractivity contribution is 0.149. The van der Waals surface area contributed by atoms with Crippen molar-refractivity contribution in [3.63, 3.8) is 0 Å². The highest BCUT2D eigenvalue weighted by Crippen LogP contribution is 2.27. The molecule has 0 fully saturated rings. The number of pyridine rings is 1. The Bertz CT molecular complexity index is 550. The fourth-order valence-corrected chi connectivity index (χ4v) is 2.81. The van der Waals surface area contributed by atoms with Crippen molar-refractivity contribution in [2.24, 2.45) is 5.92 Å². The number of nitrogens with zero attached hydrogens (tertiary/aromatic N) is 1. The Labute approximate surface area is 127 Å². The Morgan fingerprint density at radius 1 is 1.24 bits per heavy atom. The van der Waals surface area contributed by atoms with E-state index in [2.05, 4.69) is 48.4 Å². The normalized spacial score (nSPS) is 14.2. The smallest absolute Gasteiger partial charge is 0.0488 e. The molecule has 0 amide bonds. The number of hydrogen-bond donors (Lipinski definition) is 1. The summed E-state index contributed by atoms with van der Waals surface area (Å²) in [5.41, 5.74) is 1.30. The highest BCUT2D eigenvalue weighted by atomic mass is 16.5. The molecule has 1 aromatic carbocycles. The van der Waals surface area contributed by atoms with Gasteiger partial charge in [-0.3, -0.25) is 4.98 Å². The van der Waals surface area contributed by atoms with E-state index in [4.69, 9.17) is 4.74 Å². The minimum absolute atomic E-state index is 0.327. The van der Waals surface area contributed by atoms with Crippen molar-refractivity contribution in [2.75, 3.05) is 20.3 Å². The van der Waals surface area contributed by atoms with E-state index in [0.717, 1.165) is 26.0 Å². The van der Waals surface area contributed by atoms with Gasteiger partial charge in [-0.05, 0) is 36.3 Å². The van der Waals surface area contributed by atoms with Gasteiger partial charge in [0, 0.05) is 37.5 Å². The van der Waals surface area contributed by atoms with Crippen LogP contribution in [0.3, 0.4) is 0 Å². The molecule has 1 N–H and O–H groups in total. The molecule has 21 heavy (non-hydrogen) atoms. The summed E-state index contributed by atoms with van der Waals surface area (Å²) in [6, 6.07) is 8.81. The summed E-state index contributed by atoms with van der Waals surface area (Å²) in [5.74, 6) is 0.517. The van der Waals surface area contributed by atoms with Gasteiger partial charge >= 0.3 is 0 Å². The first kappa shape index (κ1) is 15.9. The zero-order valence-electron chi connectivity index (χ0n) is 13.3. The van der Waals surface area contributed by atoms with Crippen molar-refractivity contribution < 1.29 is 4.74 Å². The van der Waals surface area contributed by atoms with E-state index in [-0.39, 0.29) is 0 Å². The van der Waals surface area contributed by atoms with Crippen LogP contribution in [-0.4, -0.2) is 25.2 Å². The molecule has 0 aliphatic rings. The molecule has 0 spiro atoms. The quantitative estimate of drug-likeness (QED) is 0.798. The number of hydrogen-bond acceptors (Lipinski definition) is 3. The SMILES string of the molecule is CCCNC(CC(C)COC)c1cncc2ccccc12. The molecule has 2 unspecified atom stereocenters. The molecule has 3 heteroatoms. The Hall–Kier alpha value is -1.45. The molecule has 0 aliphatic heterocycles. The Morgan fingerprint density at radius 3 is 2.81 bits per heavy atom. The van der Waals surface area contributed by atoms with Gasteiger partial charge in [0.05, 0.1) is 0 Å². The Morgan fingerprint density at radius 2 is 2.05 bits per heavy atom. The molecular weight excluding hydrogens is 260 g/mol. The van der Waals surface area contributed by atoms with Gasteiger partial charge in [0.15, 0.2) is 0 Å². The number of rotatable bonds is 8. The van der Waals surface area contributed by atoms with Crippen LogP contribution in [0.4, 0.5) is 0 Å². The molecule has 2 atom stereocenters. The summed E-state index contributed by atoms with van der Waals surface area (Å²) in [4.78, 5) is 4.42. The van der Waals surface area contributed by atoms with Crippen LogP contribution in [-0.2, 0) is 4.74 Å². The lowest BCUT2D eigenvalue weighted by Gasteiger charge is -2.23. The molecular formula is C18H26N2O. The predicted molar refractivity (Wildman–Crippen MR) is 88.4 cm³/mol. The van der Waals surface area contributed by atoms with E-state index < -0.39 is 0 Å². The maximum atomic E-state index is 5.29. The third-order valence-electron chi connectivity index (χ3n) is 3.80. The van der Waals surface area contributed by atoms with Crippen LogP contribution in [0, 0.1) is 5.92 Å². The van der Waals surface area contributed by atoms with Crippen molar-refractivity contribution in [1.82, 2.24) is 10.3 Å². The van der Waals surface area contributed by atoms with Crippen LogP contribution in [0.1, 0.15) is 38.3 Å². The topological polar surface area (TPSA) is 34.1 Å². The number of ether oxygens (including phenoxy) is 1. The summed E-state index contributed by atoms with van der Waals surface area (Å²) in [6.07, 6.45) is 6.14. The molecule has 0 saturated carbocycles. The maximum Gasteiger partial charge on any atom is 0.0488 e. The molecule has 0 saturated heterocycles. The summed E-state index contributed by atoms with van der Waals surface area (Å²) >= 11 is 0. The summed E-state index contributed by atoms with van der Waals surface area (Å²) in [6.45, 7) is 6.25. The molecule has 0 radical (unpaired) electrons. The third kappa shape index (κ3) is 4.26. The second kappa shape index (κ2) is 8.11. The lowest BCUT2D eigenvalue weighted by Crippen LogP contribution is -2.25. The van der Waals surface area contributed by atoms with Gasteiger partial charge in [-0.1, -0.05) is 38.1 Å². The molecule has 2 rings (SSSR count). The standard InChI is InChI=1S/C18H26N2O/c1-4-9-20-18(10-14(2)13-21-3)17-12-19-11-15-7-5-6-8-16(15)17/h5-8,11-12,14,18,20H,4,9-10,13H2,1-3H3. The van der Waals surface area contributed by atoms with E-state index in [0.29, 0.717) is 12.0 Å². The highest BCUT2D eigenvalue weighted by Gasteiger charge is 2.17. The van der Waals surface area contributed by atoms with Crippen molar-refractivity contribution in [1.29, 1.82) is 0 Å². The molecule has 1 aromatic heterocycles. The number of nitrogens with one attached hydrogen (secondary N) is 1. The van der Waals surface area contributed by atoms with Crippen LogP contribution in [0.2, 0.25) is 0 Å². The lowest BCUT2D eigenvalue weighted by atomic mass is 9.94. The van der Waals surface area contributed by atoms with Gasteiger partial charge in [-0.15, -0.1) is 0 Å². The largest absolute Gasteiger partial charge is 0.384 e.